The zero-order valence-electron chi connectivity index (χ0n) is 10.7. The number of ether oxygens (including phenoxy) is 3. The van der Waals surface area contributed by atoms with Gasteiger partial charge in [-0.15, -0.1) is 0 Å². The van der Waals surface area contributed by atoms with E-state index in [9.17, 15) is 0 Å². The van der Waals surface area contributed by atoms with E-state index >= 15 is 0 Å². The summed E-state index contributed by atoms with van der Waals surface area (Å²) in [4.78, 5) is 4.24. The van der Waals surface area contributed by atoms with Crippen LogP contribution in [0.4, 0.5) is 0 Å². The van der Waals surface area contributed by atoms with Crippen LogP contribution in [0.15, 0.2) is 30.6 Å². The quantitative estimate of drug-likeness (QED) is 0.773. The van der Waals surface area contributed by atoms with Crippen LogP contribution in [0.25, 0.3) is 22.2 Å². The molecule has 0 bridgehead atoms. The zero-order valence-corrected chi connectivity index (χ0v) is 10.7. The van der Waals surface area contributed by atoms with Crippen molar-refractivity contribution in [2.45, 2.75) is 0 Å². The lowest BCUT2D eigenvalue weighted by Crippen LogP contribution is -1.92. The number of nitrogens with zero attached hydrogens (tertiary/aromatic N) is 2. The first-order chi connectivity index (χ1) is 9.86. The first-order valence-electron chi connectivity index (χ1n) is 6.13. The number of hydrogen-bond donors (Lipinski definition) is 1. The van der Waals surface area contributed by atoms with Gasteiger partial charge in [0.15, 0.2) is 17.1 Å². The number of hydrogen-bond acceptors (Lipinski definition) is 5. The van der Waals surface area contributed by atoms with Gasteiger partial charge < -0.3 is 14.2 Å². The Morgan fingerprint density at radius 1 is 1.20 bits per heavy atom. The van der Waals surface area contributed by atoms with E-state index in [0.717, 1.165) is 27.9 Å². The smallest absolute Gasteiger partial charge is 0.231 e. The predicted molar refractivity (Wildman–Crippen MR) is 72.0 cm³/mol. The molecule has 6 nitrogen and oxygen atoms in total. The molecule has 1 N–H and O–H groups in total. The van der Waals surface area contributed by atoms with Crippen LogP contribution in [0.1, 0.15) is 0 Å². The third-order valence-electron chi connectivity index (χ3n) is 3.34. The average Bonchev–Trinajstić information content (AvgIpc) is 3.13. The first kappa shape index (κ1) is 11.1. The van der Waals surface area contributed by atoms with Crippen LogP contribution in [0.2, 0.25) is 0 Å². The van der Waals surface area contributed by atoms with Gasteiger partial charge in [0, 0.05) is 23.2 Å². The number of rotatable bonds is 2. The van der Waals surface area contributed by atoms with Gasteiger partial charge in [0.25, 0.3) is 0 Å². The van der Waals surface area contributed by atoms with Gasteiger partial charge in [-0.05, 0) is 17.7 Å². The van der Waals surface area contributed by atoms with E-state index in [1.165, 1.54) is 0 Å². The molecule has 1 aliphatic heterocycles. The third kappa shape index (κ3) is 1.51. The van der Waals surface area contributed by atoms with Crippen LogP contribution in [0.3, 0.4) is 0 Å². The first-order valence-corrected chi connectivity index (χ1v) is 6.13. The summed E-state index contributed by atoms with van der Waals surface area (Å²) in [5.74, 6) is 2.14. The van der Waals surface area contributed by atoms with Crippen molar-refractivity contribution < 1.29 is 14.2 Å². The summed E-state index contributed by atoms with van der Waals surface area (Å²) in [7, 11) is 1.63. The number of nitrogens with one attached hydrogen (secondary N) is 1. The number of benzene rings is 1. The van der Waals surface area contributed by atoms with E-state index in [0.29, 0.717) is 11.5 Å². The molecule has 1 aliphatic rings. The average molecular weight is 269 g/mol. The van der Waals surface area contributed by atoms with Gasteiger partial charge in [-0.3, -0.25) is 5.10 Å². The van der Waals surface area contributed by atoms with Gasteiger partial charge in [-0.2, -0.15) is 5.10 Å². The zero-order chi connectivity index (χ0) is 13.5. The molecule has 0 atom stereocenters. The normalized spacial score (nSPS) is 12.8. The van der Waals surface area contributed by atoms with Gasteiger partial charge in [0.1, 0.15) is 5.75 Å². The lowest BCUT2D eigenvalue weighted by molar-refractivity contribution is 0.174. The Morgan fingerprint density at radius 2 is 2.05 bits per heavy atom. The lowest BCUT2D eigenvalue weighted by atomic mass is 10.0. The number of methoxy groups -OCH3 is 1. The molecule has 0 fully saturated rings. The van der Waals surface area contributed by atoms with E-state index in [2.05, 4.69) is 15.2 Å². The van der Waals surface area contributed by atoms with Crippen molar-refractivity contribution in [1.29, 1.82) is 0 Å². The SMILES string of the molecule is COc1cc2c(cc1-c1ccnc3[nH]ncc13)OCO2. The Bertz CT molecular complexity index is 797. The molecular weight excluding hydrogens is 258 g/mol. The second-order valence-electron chi connectivity index (χ2n) is 4.40. The van der Waals surface area contributed by atoms with E-state index in [1.807, 2.05) is 18.2 Å². The maximum atomic E-state index is 5.46. The monoisotopic (exact) mass is 269 g/mol. The minimum absolute atomic E-state index is 0.236. The largest absolute Gasteiger partial charge is 0.496 e. The molecule has 20 heavy (non-hydrogen) atoms. The van der Waals surface area contributed by atoms with Gasteiger partial charge in [-0.1, -0.05) is 0 Å². The van der Waals surface area contributed by atoms with E-state index in [1.54, 1.807) is 19.5 Å². The van der Waals surface area contributed by atoms with E-state index < -0.39 is 0 Å². The van der Waals surface area contributed by atoms with Crippen LogP contribution < -0.4 is 14.2 Å². The molecule has 0 unspecified atom stereocenters. The van der Waals surface area contributed by atoms with Crippen molar-refractivity contribution in [1.82, 2.24) is 15.2 Å². The van der Waals surface area contributed by atoms with Gasteiger partial charge in [-0.25, -0.2) is 4.98 Å². The molecule has 2 aromatic heterocycles. The second kappa shape index (κ2) is 4.12. The highest BCUT2D eigenvalue weighted by molar-refractivity contribution is 5.94. The van der Waals surface area contributed by atoms with Crippen molar-refractivity contribution in [3.05, 3.63) is 30.6 Å². The molecule has 100 valence electrons. The molecule has 6 heteroatoms. The maximum Gasteiger partial charge on any atom is 0.231 e. The third-order valence-corrected chi connectivity index (χ3v) is 3.34. The van der Waals surface area contributed by atoms with Crippen molar-refractivity contribution in [3.63, 3.8) is 0 Å². The van der Waals surface area contributed by atoms with Gasteiger partial charge in [0.05, 0.1) is 13.3 Å². The summed E-state index contributed by atoms with van der Waals surface area (Å²) in [6.07, 6.45) is 3.49. The minimum Gasteiger partial charge on any atom is -0.496 e. The van der Waals surface area contributed by atoms with Crippen molar-refractivity contribution in [2.75, 3.05) is 13.9 Å². The summed E-state index contributed by atoms with van der Waals surface area (Å²) < 4.78 is 16.3. The second-order valence-corrected chi connectivity index (χ2v) is 4.40. The summed E-state index contributed by atoms with van der Waals surface area (Å²) in [6.45, 7) is 0.236. The highest BCUT2D eigenvalue weighted by Crippen LogP contribution is 2.43. The van der Waals surface area contributed by atoms with E-state index in [-0.39, 0.29) is 6.79 Å². The fourth-order valence-electron chi connectivity index (χ4n) is 2.39. The van der Waals surface area contributed by atoms with Crippen LogP contribution in [0.5, 0.6) is 17.2 Å². The minimum atomic E-state index is 0.236. The lowest BCUT2D eigenvalue weighted by Gasteiger charge is -2.10. The Hall–Kier alpha value is -2.76. The predicted octanol–water partition coefficient (Wildman–Crippen LogP) is 2.36. The molecule has 1 aromatic carbocycles. The summed E-state index contributed by atoms with van der Waals surface area (Å²) >= 11 is 0. The Labute approximate surface area is 114 Å². The number of aromatic amines is 1. The number of pyridine rings is 1. The summed E-state index contributed by atoms with van der Waals surface area (Å²) in [5.41, 5.74) is 2.65. The molecule has 3 aromatic rings. The standard InChI is InChI=1S/C14H11N3O3/c1-18-11-5-13-12(19-7-20-13)4-9(11)8-2-3-15-14-10(8)6-16-17-14/h2-6H,7H2,1H3,(H,15,16,17). The number of fused-ring (bicyclic) bond motifs is 2. The topological polar surface area (TPSA) is 69.3 Å². The highest BCUT2D eigenvalue weighted by atomic mass is 16.7. The van der Waals surface area contributed by atoms with Gasteiger partial charge in [0.2, 0.25) is 6.79 Å². The highest BCUT2D eigenvalue weighted by Gasteiger charge is 2.20. The summed E-state index contributed by atoms with van der Waals surface area (Å²) in [5, 5.41) is 7.83. The van der Waals surface area contributed by atoms with Crippen LogP contribution >= 0.6 is 0 Å². The van der Waals surface area contributed by atoms with Crippen LogP contribution in [-0.2, 0) is 0 Å². The fraction of sp³-hybridized carbons (Fsp3) is 0.143. The fourth-order valence-corrected chi connectivity index (χ4v) is 2.39. The van der Waals surface area contributed by atoms with E-state index in [4.69, 9.17) is 14.2 Å². The Kier molecular flexibility index (Phi) is 2.29. The number of aromatic nitrogens is 3. The molecule has 0 spiro atoms. The molecule has 0 radical (unpaired) electrons. The maximum absolute atomic E-state index is 5.46. The molecule has 0 saturated carbocycles. The van der Waals surface area contributed by atoms with Crippen molar-refractivity contribution in [3.8, 4) is 28.4 Å². The van der Waals surface area contributed by atoms with Crippen LogP contribution in [-0.4, -0.2) is 29.1 Å². The number of H-pyrrole nitrogens is 1. The summed E-state index contributed by atoms with van der Waals surface area (Å²) in [6, 6.07) is 5.69. The molecule has 0 saturated heterocycles. The Balaban J connectivity index is 2.00. The van der Waals surface area contributed by atoms with Gasteiger partial charge >= 0.3 is 0 Å². The molecule has 3 heterocycles. The van der Waals surface area contributed by atoms with Crippen LogP contribution in [0, 0.1) is 0 Å². The molecule has 4 rings (SSSR count). The molecular formula is C14H11N3O3. The molecule has 0 aliphatic carbocycles. The molecule has 0 amide bonds. The Morgan fingerprint density at radius 3 is 2.90 bits per heavy atom. The van der Waals surface area contributed by atoms with Crippen molar-refractivity contribution in [2.24, 2.45) is 0 Å². The van der Waals surface area contributed by atoms with Crippen molar-refractivity contribution >= 4 is 11.0 Å².